The molecule has 0 spiro atoms. The van der Waals surface area contributed by atoms with Crippen LogP contribution in [0.1, 0.15) is 0 Å². The second-order valence-corrected chi connectivity index (χ2v) is 4.49. The molecule has 0 heterocycles. The first-order valence-corrected chi connectivity index (χ1v) is 5.66. The average Bonchev–Trinajstić information content (AvgIpc) is 2.25. The second-order valence-electron chi connectivity index (χ2n) is 3.08. The minimum Gasteiger partial charge on any atom is -0.593 e. The third-order valence-corrected chi connectivity index (χ3v) is 2.82. The number of ether oxygens (including phenoxy) is 1. The first kappa shape index (κ1) is 13.9. The Morgan fingerprint density at radius 2 is 2.12 bits per heavy atom. The van der Waals surface area contributed by atoms with Crippen LogP contribution in [0.25, 0.3) is 0 Å². The number of alkyl halides is 3. The molecule has 3 N–H and O–H groups in total. The summed E-state index contributed by atoms with van der Waals surface area (Å²) in [4.78, 5) is 0.365. The predicted octanol–water partition coefficient (Wildman–Crippen LogP) is 1.45. The smallest absolute Gasteiger partial charge is 0.422 e. The van der Waals surface area contributed by atoms with Gasteiger partial charge in [0.2, 0.25) is 0 Å². The quantitative estimate of drug-likeness (QED) is 0.640. The highest BCUT2D eigenvalue weighted by Crippen LogP contribution is 2.26. The number of anilines is 1. The molecule has 0 radical (unpaired) electrons. The number of halogens is 3. The Bertz CT molecular complexity index is 387. The van der Waals surface area contributed by atoms with Gasteiger partial charge < -0.3 is 15.0 Å². The van der Waals surface area contributed by atoms with Crippen molar-refractivity contribution >= 4 is 17.0 Å². The first-order valence-electron chi connectivity index (χ1n) is 4.51. The molecule has 0 amide bonds. The molecule has 0 aliphatic carbocycles. The molecule has 0 aromatic heterocycles. The fourth-order valence-electron chi connectivity index (χ4n) is 1.05. The molecule has 1 atom stereocenters. The molecule has 17 heavy (non-hydrogen) atoms. The largest absolute Gasteiger partial charge is 0.593 e. The van der Waals surface area contributed by atoms with Gasteiger partial charge in [0, 0.05) is 13.1 Å². The molecule has 1 aromatic carbocycles. The summed E-state index contributed by atoms with van der Waals surface area (Å²) in [6.45, 7) is -1.41. The zero-order chi connectivity index (χ0) is 13.1. The van der Waals surface area contributed by atoms with Crippen LogP contribution in [0.3, 0.4) is 0 Å². The molecule has 0 aliphatic heterocycles. The Kier molecular flexibility index (Phi) is 4.49. The average molecular weight is 268 g/mol. The van der Waals surface area contributed by atoms with E-state index < -0.39 is 24.1 Å². The van der Waals surface area contributed by atoms with Gasteiger partial charge in [-0.25, -0.2) is 0 Å². The molecule has 8 heteroatoms. The van der Waals surface area contributed by atoms with E-state index in [-0.39, 0.29) is 11.4 Å². The van der Waals surface area contributed by atoms with Crippen LogP contribution in [-0.2, 0) is 11.4 Å². The van der Waals surface area contributed by atoms with E-state index in [4.69, 9.17) is 5.73 Å². The van der Waals surface area contributed by atoms with Gasteiger partial charge in [-0.1, -0.05) is 0 Å². The van der Waals surface area contributed by atoms with E-state index in [1.807, 2.05) is 0 Å². The highest BCUT2D eigenvalue weighted by molar-refractivity contribution is 7.89. The van der Waals surface area contributed by atoms with Crippen LogP contribution in [0.2, 0.25) is 0 Å². The van der Waals surface area contributed by atoms with Gasteiger partial charge in [0.25, 0.3) is 0 Å². The summed E-state index contributed by atoms with van der Waals surface area (Å²) in [7, 11) is 1.49. The van der Waals surface area contributed by atoms with Gasteiger partial charge in [-0.2, -0.15) is 13.2 Å². The van der Waals surface area contributed by atoms with E-state index >= 15 is 0 Å². The number of benzene rings is 1. The standard InChI is InChI=1S/C9H11F3N2O2S/c1-14-17(15)6-2-3-8(7(13)4-6)16-5-9(10,11)12/h2-4,14H,5,13H2,1H3. The highest BCUT2D eigenvalue weighted by atomic mass is 32.2. The summed E-state index contributed by atoms with van der Waals surface area (Å²) in [6, 6.07) is 3.94. The fraction of sp³-hybridized carbons (Fsp3) is 0.333. The number of nitrogen functional groups attached to an aromatic ring is 1. The Labute approximate surface area is 99.3 Å². The van der Waals surface area contributed by atoms with Crippen LogP contribution in [0.4, 0.5) is 18.9 Å². The molecule has 0 saturated heterocycles. The lowest BCUT2D eigenvalue weighted by molar-refractivity contribution is -0.153. The van der Waals surface area contributed by atoms with Crippen LogP contribution in [0, 0.1) is 0 Å². The summed E-state index contributed by atoms with van der Waals surface area (Å²) < 4.78 is 54.0. The number of nitrogens with two attached hydrogens (primary N) is 1. The molecule has 4 nitrogen and oxygen atoms in total. The number of hydrogen-bond donors (Lipinski definition) is 2. The van der Waals surface area contributed by atoms with Crippen LogP contribution in [0.5, 0.6) is 5.75 Å². The van der Waals surface area contributed by atoms with Gasteiger partial charge in [0.15, 0.2) is 11.5 Å². The molecule has 1 unspecified atom stereocenters. The van der Waals surface area contributed by atoms with Crippen LogP contribution in [0.15, 0.2) is 23.1 Å². The minimum absolute atomic E-state index is 0.00958. The summed E-state index contributed by atoms with van der Waals surface area (Å²) >= 11 is -1.44. The van der Waals surface area contributed by atoms with E-state index in [1.165, 1.54) is 25.2 Å². The normalized spacial score (nSPS) is 13.5. The van der Waals surface area contributed by atoms with E-state index in [0.717, 1.165) is 0 Å². The van der Waals surface area contributed by atoms with Gasteiger partial charge in [-0.3, -0.25) is 0 Å². The topological polar surface area (TPSA) is 70.3 Å². The molecule has 96 valence electrons. The van der Waals surface area contributed by atoms with E-state index in [1.54, 1.807) is 0 Å². The first-order chi connectivity index (χ1) is 7.83. The molecule has 0 bridgehead atoms. The molecule has 0 saturated carbocycles. The van der Waals surface area contributed by atoms with E-state index in [2.05, 4.69) is 9.46 Å². The van der Waals surface area contributed by atoms with Crippen molar-refractivity contribution in [2.24, 2.45) is 0 Å². The van der Waals surface area contributed by atoms with Crippen LogP contribution >= 0.6 is 0 Å². The summed E-state index contributed by atoms with van der Waals surface area (Å²) in [6.07, 6.45) is -4.42. The van der Waals surface area contributed by atoms with Crippen molar-refractivity contribution in [2.75, 3.05) is 19.4 Å². The predicted molar refractivity (Wildman–Crippen MR) is 57.9 cm³/mol. The molecule has 1 aromatic rings. The zero-order valence-electron chi connectivity index (χ0n) is 8.88. The summed E-state index contributed by atoms with van der Waals surface area (Å²) in [5.41, 5.74) is 5.50. The van der Waals surface area contributed by atoms with Gasteiger partial charge in [-0.05, 0) is 12.1 Å². The molecule has 1 rings (SSSR count). The molecule has 0 fully saturated rings. The minimum atomic E-state index is -4.42. The lowest BCUT2D eigenvalue weighted by Crippen LogP contribution is -2.20. The van der Waals surface area contributed by atoms with Crippen LogP contribution in [-0.4, -0.2) is 24.4 Å². The van der Waals surface area contributed by atoms with Gasteiger partial charge in [-0.15, -0.1) is 4.72 Å². The Balaban J connectivity index is 2.76. The van der Waals surface area contributed by atoms with Crippen molar-refractivity contribution in [1.82, 2.24) is 4.72 Å². The summed E-state index contributed by atoms with van der Waals surface area (Å²) in [5, 5.41) is 0. The molecular formula is C9H11F3N2O2S. The Morgan fingerprint density at radius 1 is 1.47 bits per heavy atom. The van der Waals surface area contributed by atoms with E-state index in [9.17, 15) is 17.7 Å². The number of rotatable bonds is 4. The van der Waals surface area contributed by atoms with E-state index in [0.29, 0.717) is 4.90 Å². The maximum Gasteiger partial charge on any atom is 0.422 e. The van der Waals surface area contributed by atoms with Crippen molar-refractivity contribution in [3.05, 3.63) is 18.2 Å². The van der Waals surface area contributed by atoms with Crippen molar-refractivity contribution in [3.8, 4) is 5.75 Å². The Morgan fingerprint density at radius 3 is 2.59 bits per heavy atom. The maximum atomic E-state index is 11.9. The maximum absolute atomic E-state index is 11.9. The summed E-state index contributed by atoms with van der Waals surface area (Å²) in [5.74, 6) is -0.0841. The molecule has 0 aliphatic rings. The second kappa shape index (κ2) is 5.48. The van der Waals surface area contributed by atoms with Crippen molar-refractivity contribution in [2.45, 2.75) is 11.1 Å². The highest BCUT2D eigenvalue weighted by Gasteiger charge is 2.28. The monoisotopic (exact) mass is 268 g/mol. The lowest BCUT2D eigenvalue weighted by Gasteiger charge is -2.12. The van der Waals surface area contributed by atoms with Crippen molar-refractivity contribution in [1.29, 1.82) is 0 Å². The SMILES string of the molecule is CN[S+]([O-])c1ccc(OCC(F)(F)F)c(N)c1. The molecular weight excluding hydrogens is 257 g/mol. The van der Waals surface area contributed by atoms with Crippen LogP contribution < -0.4 is 15.2 Å². The number of hydrogen-bond acceptors (Lipinski definition) is 4. The zero-order valence-corrected chi connectivity index (χ0v) is 9.69. The third-order valence-electron chi connectivity index (χ3n) is 1.77. The Hall–Kier alpha value is -1.12. The van der Waals surface area contributed by atoms with Crippen molar-refractivity contribution < 1.29 is 22.5 Å². The van der Waals surface area contributed by atoms with Gasteiger partial charge in [0.1, 0.15) is 5.75 Å². The van der Waals surface area contributed by atoms with Crippen molar-refractivity contribution in [3.63, 3.8) is 0 Å². The third kappa shape index (κ3) is 4.33. The fourth-order valence-corrected chi connectivity index (χ4v) is 1.71. The lowest BCUT2D eigenvalue weighted by atomic mass is 10.3. The number of nitrogens with one attached hydrogen (secondary N) is 1. The van der Waals surface area contributed by atoms with Gasteiger partial charge >= 0.3 is 6.18 Å². The van der Waals surface area contributed by atoms with Gasteiger partial charge in [0.05, 0.1) is 17.0 Å².